The zero-order chi connectivity index (χ0) is 22.4. The summed E-state index contributed by atoms with van der Waals surface area (Å²) in [6.45, 7) is 2.33. The van der Waals surface area contributed by atoms with Gasteiger partial charge in [-0.05, 0) is 50.2 Å². The Kier molecular flexibility index (Phi) is 7.30. The van der Waals surface area contributed by atoms with E-state index in [2.05, 4.69) is 4.90 Å². The molecule has 0 saturated heterocycles. The van der Waals surface area contributed by atoms with Gasteiger partial charge in [0.2, 0.25) is 0 Å². The number of hydrogen-bond acceptors (Lipinski definition) is 7. The topological polar surface area (TPSA) is 94.4 Å². The molecule has 0 unspecified atom stereocenters. The smallest absolute Gasteiger partial charge is 0.270 e. The van der Waals surface area contributed by atoms with Crippen LogP contribution in [0.5, 0.6) is 17.2 Å². The molecule has 0 N–H and O–H groups in total. The van der Waals surface area contributed by atoms with Crippen molar-refractivity contribution in [3.05, 3.63) is 57.6 Å². The summed E-state index contributed by atoms with van der Waals surface area (Å²) in [7, 11) is 5.27. The SMILES string of the molecule is COc1ccc(CCN(C)CCCN2COc3ccc([N+](=O)[O-])cc3C2=O)cc1OC. The van der Waals surface area contributed by atoms with Crippen LogP contribution in [0, 0.1) is 10.1 Å². The summed E-state index contributed by atoms with van der Waals surface area (Å²) in [5, 5.41) is 11.0. The van der Waals surface area contributed by atoms with Crippen LogP contribution in [-0.4, -0.2) is 68.3 Å². The molecule has 0 saturated carbocycles. The number of nitro benzene ring substituents is 1. The minimum Gasteiger partial charge on any atom is -0.493 e. The van der Waals surface area contributed by atoms with Crippen molar-refractivity contribution >= 4 is 11.6 Å². The number of amides is 1. The van der Waals surface area contributed by atoms with Crippen LogP contribution in [0.2, 0.25) is 0 Å². The zero-order valence-corrected chi connectivity index (χ0v) is 18.0. The van der Waals surface area contributed by atoms with Gasteiger partial charge in [-0.1, -0.05) is 6.07 Å². The number of nitro groups is 1. The second-order valence-corrected chi connectivity index (χ2v) is 7.38. The van der Waals surface area contributed by atoms with Crippen LogP contribution in [0.1, 0.15) is 22.3 Å². The number of likely N-dealkylation sites (N-methyl/N-ethyl adjacent to an activating group) is 1. The van der Waals surface area contributed by atoms with Crippen LogP contribution in [-0.2, 0) is 6.42 Å². The Balaban J connectivity index is 1.47. The predicted octanol–water partition coefficient (Wildman–Crippen LogP) is 2.97. The first kappa shape index (κ1) is 22.4. The number of rotatable bonds is 10. The molecule has 2 aromatic rings. The highest BCUT2D eigenvalue weighted by atomic mass is 16.6. The second-order valence-electron chi connectivity index (χ2n) is 7.38. The number of carbonyl (C=O) groups excluding carboxylic acids is 1. The molecule has 1 heterocycles. The van der Waals surface area contributed by atoms with Crippen molar-refractivity contribution in [2.45, 2.75) is 12.8 Å². The van der Waals surface area contributed by atoms with E-state index in [1.807, 2.05) is 25.2 Å². The summed E-state index contributed by atoms with van der Waals surface area (Å²) in [5.41, 5.74) is 1.28. The van der Waals surface area contributed by atoms with E-state index < -0.39 is 4.92 Å². The van der Waals surface area contributed by atoms with Crippen LogP contribution < -0.4 is 14.2 Å². The second kappa shape index (κ2) is 10.1. The molecule has 9 nitrogen and oxygen atoms in total. The van der Waals surface area contributed by atoms with E-state index in [-0.39, 0.29) is 23.9 Å². The number of hydrogen-bond donors (Lipinski definition) is 0. The normalized spacial score (nSPS) is 13.0. The highest BCUT2D eigenvalue weighted by Gasteiger charge is 2.27. The minimum atomic E-state index is -0.514. The fourth-order valence-corrected chi connectivity index (χ4v) is 3.47. The summed E-state index contributed by atoms with van der Waals surface area (Å²) in [6, 6.07) is 10.00. The van der Waals surface area contributed by atoms with Gasteiger partial charge in [-0.3, -0.25) is 14.9 Å². The molecular formula is C22H27N3O6. The predicted molar refractivity (Wildman–Crippen MR) is 115 cm³/mol. The Bertz CT molecular complexity index is 949. The quantitative estimate of drug-likeness (QED) is 0.423. The molecule has 166 valence electrons. The lowest BCUT2D eigenvalue weighted by Gasteiger charge is -2.29. The zero-order valence-electron chi connectivity index (χ0n) is 18.0. The van der Waals surface area contributed by atoms with Crippen molar-refractivity contribution in [1.29, 1.82) is 0 Å². The first-order chi connectivity index (χ1) is 14.9. The summed E-state index contributed by atoms with van der Waals surface area (Å²) in [5.74, 6) is 1.57. The molecule has 1 amide bonds. The number of nitrogens with zero attached hydrogens (tertiary/aromatic N) is 3. The summed E-state index contributed by atoms with van der Waals surface area (Å²) >= 11 is 0. The van der Waals surface area contributed by atoms with E-state index in [1.165, 1.54) is 18.2 Å². The van der Waals surface area contributed by atoms with Crippen molar-refractivity contribution in [3.8, 4) is 17.2 Å². The monoisotopic (exact) mass is 429 g/mol. The molecule has 1 aliphatic rings. The maximum atomic E-state index is 12.7. The van der Waals surface area contributed by atoms with Gasteiger partial charge >= 0.3 is 0 Å². The third-order valence-electron chi connectivity index (χ3n) is 5.27. The first-order valence-electron chi connectivity index (χ1n) is 10.0. The third kappa shape index (κ3) is 5.43. The highest BCUT2D eigenvalue weighted by molar-refractivity contribution is 5.98. The van der Waals surface area contributed by atoms with E-state index in [0.717, 1.165) is 31.5 Å². The number of fused-ring (bicyclic) bond motifs is 1. The van der Waals surface area contributed by atoms with Gasteiger partial charge in [0.1, 0.15) is 5.75 Å². The first-order valence-corrected chi connectivity index (χ1v) is 10.0. The average Bonchev–Trinajstić information content (AvgIpc) is 2.78. The number of methoxy groups -OCH3 is 2. The van der Waals surface area contributed by atoms with Gasteiger partial charge in [-0.25, -0.2) is 0 Å². The van der Waals surface area contributed by atoms with Crippen LogP contribution in [0.4, 0.5) is 5.69 Å². The molecule has 0 atom stereocenters. The number of ether oxygens (including phenoxy) is 3. The molecule has 3 rings (SSSR count). The fourth-order valence-electron chi connectivity index (χ4n) is 3.47. The van der Waals surface area contributed by atoms with Gasteiger partial charge in [0.05, 0.1) is 24.7 Å². The molecular weight excluding hydrogens is 402 g/mol. The van der Waals surface area contributed by atoms with Crippen molar-refractivity contribution in [2.75, 3.05) is 47.6 Å². The summed E-state index contributed by atoms with van der Waals surface area (Å²) in [4.78, 5) is 26.9. The molecule has 0 bridgehead atoms. The van der Waals surface area contributed by atoms with E-state index in [4.69, 9.17) is 14.2 Å². The van der Waals surface area contributed by atoms with Gasteiger partial charge in [0, 0.05) is 25.2 Å². The molecule has 0 radical (unpaired) electrons. The highest BCUT2D eigenvalue weighted by Crippen LogP contribution is 2.29. The third-order valence-corrected chi connectivity index (χ3v) is 5.27. The Morgan fingerprint density at radius 1 is 1.13 bits per heavy atom. The van der Waals surface area contributed by atoms with Crippen LogP contribution in [0.15, 0.2) is 36.4 Å². The van der Waals surface area contributed by atoms with Gasteiger partial charge in [0.15, 0.2) is 18.2 Å². The largest absolute Gasteiger partial charge is 0.493 e. The van der Waals surface area contributed by atoms with Gasteiger partial charge in [0.25, 0.3) is 11.6 Å². The van der Waals surface area contributed by atoms with Gasteiger partial charge in [-0.2, -0.15) is 0 Å². The van der Waals surface area contributed by atoms with Crippen molar-refractivity contribution in [2.24, 2.45) is 0 Å². The molecule has 0 fully saturated rings. The van der Waals surface area contributed by atoms with Crippen molar-refractivity contribution < 1.29 is 23.9 Å². The van der Waals surface area contributed by atoms with Gasteiger partial charge < -0.3 is 24.0 Å². The number of benzene rings is 2. The molecule has 1 aliphatic heterocycles. The Morgan fingerprint density at radius 3 is 2.61 bits per heavy atom. The Morgan fingerprint density at radius 2 is 1.90 bits per heavy atom. The molecule has 0 aliphatic carbocycles. The lowest BCUT2D eigenvalue weighted by Crippen LogP contribution is -2.40. The lowest BCUT2D eigenvalue weighted by atomic mass is 10.1. The molecule has 9 heteroatoms. The van der Waals surface area contributed by atoms with Crippen LogP contribution >= 0.6 is 0 Å². The summed E-state index contributed by atoms with van der Waals surface area (Å²) < 4.78 is 16.2. The van der Waals surface area contributed by atoms with E-state index in [1.54, 1.807) is 19.1 Å². The number of carbonyl (C=O) groups is 1. The van der Waals surface area contributed by atoms with E-state index in [0.29, 0.717) is 23.8 Å². The molecule has 0 spiro atoms. The minimum absolute atomic E-state index is 0.118. The van der Waals surface area contributed by atoms with Gasteiger partial charge in [-0.15, -0.1) is 0 Å². The maximum Gasteiger partial charge on any atom is 0.270 e. The molecule has 2 aromatic carbocycles. The average molecular weight is 429 g/mol. The van der Waals surface area contributed by atoms with Crippen molar-refractivity contribution in [3.63, 3.8) is 0 Å². The summed E-state index contributed by atoms with van der Waals surface area (Å²) in [6.07, 6.45) is 1.63. The molecule has 0 aromatic heterocycles. The van der Waals surface area contributed by atoms with E-state index >= 15 is 0 Å². The van der Waals surface area contributed by atoms with Crippen LogP contribution in [0.3, 0.4) is 0 Å². The standard InChI is InChI=1S/C22H27N3O6/c1-23(12-9-16-5-7-20(29-2)21(13-16)30-3)10-4-11-24-15-31-19-8-6-17(25(27)28)14-18(19)22(24)26/h5-8,13-14H,4,9-12,15H2,1-3H3. The number of non-ortho nitro benzene ring substituents is 1. The van der Waals surface area contributed by atoms with Crippen LogP contribution in [0.25, 0.3) is 0 Å². The van der Waals surface area contributed by atoms with E-state index in [9.17, 15) is 14.9 Å². The molecule has 31 heavy (non-hydrogen) atoms. The van der Waals surface area contributed by atoms with Crippen molar-refractivity contribution in [1.82, 2.24) is 9.80 Å². The Hall–Kier alpha value is -3.33. The maximum absolute atomic E-state index is 12.7. The lowest BCUT2D eigenvalue weighted by molar-refractivity contribution is -0.384. The Labute approximate surface area is 181 Å². The fraction of sp³-hybridized carbons (Fsp3) is 0.409.